The van der Waals surface area contributed by atoms with Crippen LogP contribution < -0.4 is 5.32 Å². The van der Waals surface area contributed by atoms with Crippen LogP contribution in [-0.4, -0.2) is 57.4 Å². The van der Waals surface area contributed by atoms with Crippen LogP contribution in [-0.2, 0) is 0 Å². The summed E-state index contributed by atoms with van der Waals surface area (Å²) in [7, 11) is 0. The highest BCUT2D eigenvalue weighted by atomic mass is 35.5. The molecule has 0 aromatic carbocycles. The highest BCUT2D eigenvalue weighted by Crippen LogP contribution is 2.20. The van der Waals surface area contributed by atoms with E-state index in [2.05, 4.69) is 12.2 Å². The Labute approximate surface area is 127 Å². The highest BCUT2D eigenvalue weighted by Gasteiger charge is 2.43. The first-order valence-corrected chi connectivity index (χ1v) is 7.53. The zero-order valence-corrected chi connectivity index (χ0v) is 13.1. The SMILES string of the molecule is CCCCCCCC[C@@H](O)[C@H]1N[C@H](CO)[C@@H](O)[C@@H]1O.Cl. The number of hydrogen-bond acceptors (Lipinski definition) is 5. The van der Waals surface area contributed by atoms with Gasteiger partial charge in [-0.05, 0) is 6.42 Å². The minimum atomic E-state index is -1.01. The Morgan fingerprint density at radius 2 is 1.60 bits per heavy atom. The van der Waals surface area contributed by atoms with E-state index in [1.807, 2.05) is 0 Å². The molecule has 1 rings (SSSR count). The number of unbranched alkanes of at least 4 members (excludes halogenated alkanes) is 5. The van der Waals surface area contributed by atoms with Crippen molar-refractivity contribution in [3.05, 3.63) is 0 Å². The van der Waals surface area contributed by atoms with Crippen molar-refractivity contribution in [1.29, 1.82) is 0 Å². The molecule has 0 spiro atoms. The lowest BCUT2D eigenvalue weighted by Crippen LogP contribution is -2.44. The average Bonchev–Trinajstić information content (AvgIpc) is 2.70. The lowest BCUT2D eigenvalue weighted by atomic mass is 9.99. The molecule has 0 bridgehead atoms. The predicted octanol–water partition coefficient (Wildman–Crippen LogP) is 0.574. The molecule has 6 heteroatoms. The smallest absolute Gasteiger partial charge is 0.0993 e. The van der Waals surface area contributed by atoms with Crippen molar-refractivity contribution in [2.45, 2.75) is 82.3 Å². The van der Waals surface area contributed by atoms with Crippen molar-refractivity contribution >= 4 is 12.4 Å². The maximum Gasteiger partial charge on any atom is 0.0993 e. The maximum atomic E-state index is 10.0. The topological polar surface area (TPSA) is 93.0 Å². The third-order valence-corrected chi connectivity index (χ3v) is 4.00. The standard InChI is InChI=1S/C14H29NO4.ClH/c1-2-3-4-5-6-7-8-11(17)12-14(19)13(18)10(9-16)15-12;/h10-19H,2-9H2,1H3;1H/t10-,11-,12-,13-,14-;/m1./s1. The second kappa shape index (κ2) is 10.8. The average molecular weight is 312 g/mol. The monoisotopic (exact) mass is 311 g/mol. The van der Waals surface area contributed by atoms with Crippen LogP contribution in [0.2, 0.25) is 0 Å². The molecule has 122 valence electrons. The summed E-state index contributed by atoms with van der Waals surface area (Å²) in [5.41, 5.74) is 0. The molecule has 0 saturated carbocycles. The summed E-state index contributed by atoms with van der Waals surface area (Å²) in [6.07, 6.45) is 4.85. The second-order valence-electron chi connectivity index (χ2n) is 5.59. The number of nitrogens with one attached hydrogen (secondary N) is 1. The predicted molar refractivity (Wildman–Crippen MR) is 81.1 cm³/mol. The van der Waals surface area contributed by atoms with Gasteiger partial charge in [0.15, 0.2) is 0 Å². The minimum Gasteiger partial charge on any atom is -0.395 e. The summed E-state index contributed by atoms with van der Waals surface area (Å²) >= 11 is 0. The molecule has 0 aromatic rings. The molecular formula is C14H30ClNO4. The molecule has 5 nitrogen and oxygen atoms in total. The van der Waals surface area contributed by atoms with Crippen LogP contribution in [0, 0.1) is 0 Å². The van der Waals surface area contributed by atoms with Gasteiger partial charge in [0.1, 0.15) is 0 Å². The number of aliphatic hydroxyl groups is 4. The van der Waals surface area contributed by atoms with Gasteiger partial charge in [-0.2, -0.15) is 0 Å². The van der Waals surface area contributed by atoms with E-state index in [1.165, 1.54) is 25.7 Å². The lowest BCUT2D eigenvalue weighted by Gasteiger charge is -2.22. The van der Waals surface area contributed by atoms with Crippen molar-refractivity contribution < 1.29 is 20.4 Å². The van der Waals surface area contributed by atoms with E-state index in [-0.39, 0.29) is 19.0 Å². The van der Waals surface area contributed by atoms with Gasteiger partial charge in [-0.1, -0.05) is 45.4 Å². The van der Waals surface area contributed by atoms with Gasteiger partial charge in [-0.25, -0.2) is 0 Å². The van der Waals surface area contributed by atoms with Crippen molar-refractivity contribution in [1.82, 2.24) is 5.32 Å². The number of halogens is 1. The fourth-order valence-electron chi connectivity index (χ4n) is 2.71. The molecule has 0 unspecified atom stereocenters. The fraction of sp³-hybridized carbons (Fsp3) is 1.00. The second-order valence-corrected chi connectivity index (χ2v) is 5.59. The van der Waals surface area contributed by atoms with Crippen molar-refractivity contribution in [2.24, 2.45) is 0 Å². The van der Waals surface area contributed by atoms with Crippen LogP contribution in [0.1, 0.15) is 51.9 Å². The van der Waals surface area contributed by atoms with Crippen molar-refractivity contribution in [2.75, 3.05) is 6.61 Å². The first-order valence-electron chi connectivity index (χ1n) is 7.53. The van der Waals surface area contributed by atoms with Crippen LogP contribution in [0.5, 0.6) is 0 Å². The molecule has 0 amide bonds. The van der Waals surface area contributed by atoms with Gasteiger partial charge in [-0.3, -0.25) is 0 Å². The Bertz CT molecular complexity index is 245. The molecule has 1 aliphatic rings. The Morgan fingerprint density at radius 1 is 1.00 bits per heavy atom. The normalized spacial score (nSPS) is 31.1. The van der Waals surface area contributed by atoms with Gasteiger partial charge in [-0.15, -0.1) is 12.4 Å². The van der Waals surface area contributed by atoms with Gasteiger partial charge in [0.05, 0.1) is 37.0 Å². The molecule has 1 aliphatic heterocycles. The molecule has 1 heterocycles. The van der Waals surface area contributed by atoms with Crippen molar-refractivity contribution in [3.8, 4) is 0 Å². The van der Waals surface area contributed by atoms with Crippen LogP contribution in [0.3, 0.4) is 0 Å². The molecule has 5 atom stereocenters. The van der Waals surface area contributed by atoms with E-state index in [0.717, 1.165) is 12.8 Å². The molecule has 5 N–H and O–H groups in total. The van der Waals surface area contributed by atoms with Gasteiger partial charge in [0.2, 0.25) is 0 Å². The quantitative estimate of drug-likeness (QED) is 0.402. The summed E-state index contributed by atoms with van der Waals surface area (Å²) in [5, 5.41) is 41.5. The summed E-state index contributed by atoms with van der Waals surface area (Å²) in [4.78, 5) is 0. The largest absolute Gasteiger partial charge is 0.395 e. The zero-order valence-electron chi connectivity index (χ0n) is 12.2. The summed E-state index contributed by atoms with van der Waals surface area (Å²) in [5.74, 6) is 0. The number of hydrogen-bond donors (Lipinski definition) is 5. The Kier molecular flexibility index (Phi) is 10.8. The zero-order chi connectivity index (χ0) is 14.3. The van der Waals surface area contributed by atoms with E-state index in [9.17, 15) is 15.3 Å². The molecule has 0 radical (unpaired) electrons. The van der Waals surface area contributed by atoms with Gasteiger partial charge in [0, 0.05) is 0 Å². The maximum absolute atomic E-state index is 10.0. The Hall–Kier alpha value is 0.0900. The van der Waals surface area contributed by atoms with E-state index < -0.39 is 30.4 Å². The summed E-state index contributed by atoms with van der Waals surface area (Å²) in [6.45, 7) is 1.94. The molecule has 1 fully saturated rings. The third kappa shape index (κ3) is 5.84. The molecule has 20 heavy (non-hydrogen) atoms. The van der Waals surface area contributed by atoms with E-state index in [4.69, 9.17) is 5.11 Å². The fourth-order valence-corrected chi connectivity index (χ4v) is 2.71. The van der Waals surface area contributed by atoms with Crippen LogP contribution in [0.4, 0.5) is 0 Å². The van der Waals surface area contributed by atoms with E-state index in [1.54, 1.807) is 0 Å². The summed E-state index contributed by atoms with van der Waals surface area (Å²) < 4.78 is 0. The molecular weight excluding hydrogens is 282 g/mol. The Morgan fingerprint density at radius 3 is 2.15 bits per heavy atom. The molecule has 0 aliphatic carbocycles. The first kappa shape index (κ1) is 20.1. The van der Waals surface area contributed by atoms with E-state index >= 15 is 0 Å². The lowest BCUT2D eigenvalue weighted by molar-refractivity contribution is -0.00443. The van der Waals surface area contributed by atoms with Crippen LogP contribution in [0.25, 0.3) is 0 Å². The number of aliphatic hydroxyl groups excluding tert-OH is 4. The third-order valence-electron chi connectivity index (χ3n) is 4.00. The van der Waals surface area contributed by atoms with Crippen LogP contribution in [0.15, 0.2) is 0 Å². The van der Waals surface area contributed by atoms with Gasteiger partial charge in [0.25, 0.3) is 0 Å². The van der Waals surface area contributed by atoms with Crippen molar-refractivity contribution in [3.63, 3.8) is 0 Å². The van der Waals surface area contributed by atoms with Gasteiger partial charge >= 0.3 is 0 Å². The number of rotatable bonds is 9. The molecule has 1 saturated heterocycles. The minimum absolute atomic E-state index is 0. The van der Waals surface area contributed by atoms with Gasteiger partial charge < -0.3 is 25.7 Å². The molecule has 0 aromatic heterocycles. The Balaban J connectivity index is 0.00000361. The van der Waals surface area contributed by atoms with Crippen LogP contribution >= 0.6 is 12.4 Å². The van der Waals surface area contributed by atoms with E-state index in [0.29, 0.717) is 6.42 Å². The first-order chi connectivity index (χ1) is 9.11. The highest BCUT2D eigenvalue weighted by molar-refractivity contribution is 5.85. The summed E-state index contributed by atoms with van der Waals surface area (Å²) in [6, 6.07) is -1.08.